The van der Waals surface area contributed by atoms with Crippen LogP contribution in [0.5, 0.6) is 0 Å². The number of carbonyl (C=O) groups is 5. The number of para-hydroxylation sites is 1. The summed E-state index contributed by atoms with van der Waals surface area (Å²) < 4.78 is 0. The van der Waals surface area contributed by atoms with Crippen LogP contribution in [0.3, 0.4) is 0 Å². The smallest absolute Gasteiger partial charge is 0.326 e. The first kappa shape index (κ1) is 26.3. The van der Waals surface area contributed by atoms with Crippen LogP contribution in [0.1, 0.15) is 32.3 Å². The van der Waals surface area contributed by atoms with E-state index < -0.39 is 60.2 Å². The van der Waals surface area contributed by atoms with E-state index in [1.165, 1.54) is 13.8 Å². The number of H-pyrrole nitrogens is 1. The van der Waals surface area contributed by atoms with E-state index in [9.17, 15) is 29.1 Å². The Hall–Kier alpha value is -3.93. The largest absolute Gasteiger partial charge is 0.481 e. The molecule has 2 rings (SSSR count). The average molecular weight is 476 g/mol. The van der Waals surface area contributed by atoms with Crippen LogP contribution in [0.2, 0.25) is 0 Å². The Morgan fingerprint density at radius 1 is 0.941 bits per heavy atom. The van der Waals surface area contributed by atoms with Gasteiger partial charge in [0, 0.05) is 29.9 Å². The lowest BCUT2D eigenvalue weighted by molar-refractivity contribution is -0.143. The second-order valence-corrected chi connectivity index (χ2v) is 7.98. The highest BCUT2D eigenvalue weighted by molar-refractivity contribution is 5.94. The lowest BCUT2D eigenvalue weighted by Gasteiger charge is -2.23. The summed E-state index contributed by atoms with van der Waals surface area (Å²) in [5.74, 6) is -4.64. The molecule has 12 heteroatoms. The van der Waals surface area contributed by atoms with Crippen LogP contribution in [-0.4, -0.2) is 69.0 Å². The topological polar surface area (TPSA) is 204 Å². The maximum atomic E-state index is 13.0. The molecule has 1 aromatic carbocycles. The number of amides is 3. The number of nitrogens with one attached hydrogen (secondary N) is 4. The van der Waals surface area contributed by atoms with E-state index in [2.05, 4.69) is 20.9 Å². The summed E-state index contributed by atoms with van der Waals surface area (Å²) in [6.07, 6.45) is 0.903. The first-order chi connectivity index (χ1) is 16.0. The van der Waals surface area contributed by atoms with Gasteiger partial charge in [-0.05, 0) is 31.9 Å². The molecule has 0 aliphatic heterocycles. The zero-order valence-corrected chi connectivity index (χ0v) is 18.8. The van der Waals surface area contributed by atoms with Crippen LogP contribution in [0.4, 0.5) is 0 Å². The number of hydrogen-bond acceptors (Lipinski definition) is 6. The number of hydrogen-bond donors (Lipinski definition) is 7. The van der Waals surface area contributed by atoms with Crippen LogP contribution >= 0.6 is 0 Å². The molecular formula is C22H29N5O7. The molecule has 0 aliphatic carbocycles. The van der Waals surface area contributed by atoms with Gasteiger partial charge in [-0.2, -0.15) is 0 Å². The lowest BCUT2D eigenvalue weighted by atomic mass is 10.0. The normalized spacial score (nSPS) is 14.4. The molecule has 1 heterocycles. The van der Waals surface area contributed by atoms with Crippen molar-refractivity contribution in [2.75, 3.05) is 0 Å². The maximum Gasteiger partial charge on any atom is 0.326 e. The SMILES string of the molecule is CC(N)C(=O)NC(C)C(=O)NC(Cc1c[nH]c2ccccc12)C(=O)NC(CCC(=O)O)C(=O)O. The number of aliphatic carboxylic acids is 2. The number of carbonyl (C=O) groups excluding carboxylic acids is 3. The van der Waals surface area contributed by atoms with Crippen LogP contribution < -0.4 is 21.7 Å². The minimum Gasteiger partial charge on any atom is -0.481 e. The molecule has 184 valence electrons. The van der Waals surface area contributed by atoms with Gasteiger partial charge in [-0.1, -0.05) is 18.2 Å². The van der Waals surface area contributed by atoms with Gasteiger partial charge in [0.25, 0.3) is 0 Å². The second kappa shape index (κ2) is 11.8. The highest BCUT2D eigenvalue weighted by Crippen LogP contribution is 2.19. The molecule has 3 amide bonds. The fraction of sp³-hybridized carbons (Fsp3) is 0.409. The highest BCUT2D eigenvalue weighted by atomic mass is 16.4. The molecule has 0 aliphatic rings. The van der Waals surface area contributed by atoms with E-state index in [0.29, 0.717) is 5.56 Å². The van der Waals surface area contributed by atoms with Gasteiger partial charge in [-0.25, -0.2) is 4.79 Å². The number of aromatic nitrogens is 1. The lowest BCUT2D eigenvalue weighted by Crippen LogP contribution is -2.56. The Kier molecular flexibility index (Phi) is 9.13. The van der Waals surface area contributed by atoms with Gasteiger partial charge in [0.1, 0.15) is 18.1 Å². The molecule has 0 fully saturated rings. The van der Waals surface area contributed by atoms with Crippen molar-refractivity contribution in [1.29, 1.82) is 0 Å². The quantitative estimate of drug-likeness (QED) is 0.212. The van der Waals surface area contributed by atoms with Gasteiger partial charge in [-0.3, -0.25) is 19.2 Å². The van der Waals surface area contributed by atoms with Crippen LogP contribution in [-0.2, 0) is 30.4 Å². The molecule has 0 saturated heterocycles. The zero-order chi connectivity index (χ0) is 25.4. The average Bonchev–Trinajstić information content (AvgIpc) is 3.18. The van der Waals surface area contributed by atoms with Crippen molar-refractivity contribution in [3.8, 4) is 0 Å². The number of carboxylic acids is 2. The molecule has 0 spiro atoms. The summed E-state index contributed by atoms with van der Waals surface area (Å²) in [6, 6.07) is 2.79. The molecule has 0 radical (unpaired) electrons. The Balaban J connectivity index is 2.24. The van der Waals surface area contributed by atoms with E-state index in [1.54, 1.807) is 6.20 Å². The summed E-state index contributed by atoms with van der Waals surface area (Å²) >= 11 is 0. The third-order valence-electron chi connectivity index (χ3n) is 5.16. The van der Waals surface area contributed by atoms with Gasteiger partial charge < -0.3 is 36.9 Å². The molecule has 2 aromatic rings. The highest BCUT2D eigenvalue weighted by Gasteiger charge is 2.29. The second-order valence-electron chi connectivity index (χ2n) is 7.98. The minimum atomic E-state index is -1.46. The molecule has 0 saturated carbocycles. The zero-order valence-electron chi connectivity index (χ0n) is 18.8. The van der Waals surface area contributed by atoms with Gasteiger partial charge in [0.05, 0.1) is 6.04 Å². The maximum absolute atomic E-state index is 13.0. The standard InChI is InChI=1S/C22H29N5O7/c1-11(23)19(30)25-12(2)20(31)27-17(9-13-10-24-15-6-4-3-5-14(13)15)21(32)26-16(22(33)34)7-8-18(28)29/h3-6,10-12,16-17,24H,7-9,23H2,1-2H3,(H,25,30)(H,26,32)(H,27,31)(H,28,29)(H,33,34). The van der Waals surface area contributed by atoms with Crippen molar-refractivity contribution in [1.82, 2.24) is 20.9 Å². The van der Waals surface area contributed by atoms with Crippen molar-refractivity contribution in [2.45, 2.75) is 57.3 Å². The van der Waals surface area contributed by atoms with Crippen molar-refractivity contribution in [2.24, 2.45) is 5.73 Å². The van der Waals surface area contributed by atoms with E-state index in [-0.39, 0.29) is 12.8 Å². The molecule has 34 heavy (non-hydrogen) atoms. The number of rotatable bonds is 12. The van der Waals surface area contributed by atoms with Crippen molar-refractivity contribution >= 4 is 40.6 Å². The molecule has 8 N–H and O–H groups in total. The molecule has 4 unspecified atom stereocenters. The summed E-state index contributed by atoms with van der Waals surface area (Å²) in [6.45, 7) is 2.87. The number of carboxylic acid groups (broad SMARTS) is 2. The molecule has 1 aromatic heterocycles. The van der Waals surface area contributed by atoms with E-state index in [4.69, 9.17) is 10.8 Å². The number of aromatic amines is 1. The van der Waals surface area contributed by atoms with Gasteiger partial charge >= 0.3 is 11.9 Å². The number of fused-ring (bicyclic) bond motifs is 1. The number of benzene rings is 1. The van der Waals surface area contributed by atoms with E-state index >= 15 is 0 Å². The first-order valence-corrected chi connectivity index (χ1v) is 10.7. The fourth-order valence-corrected chi connectivity index (χ4v) is 3.23. The summed E-state index contributed by atoms with van der Waals surface area (Å²) in [5.41, 5.74) is 7.01. The van der Waals surface area contributed by atoms with Gasteiger partial charge in [0.2, 0.25) is 17.7 Å². The molecule has 12 nitrogen and oxygen atoms in total. The van der Waals surface area contributed by atoms with Gasteiger partial charge in [0.15, 0.2) is 0 Å². The summed E-state index contributed by atoms with van der Waals surface area (Å²) in [7, 11) is 0. The first-order valence-electron chi connectivity index (χ1n) is 10.7. The summed E-state index contributed by atoms with van der Waals surface area (Å²) in [5, 5.41) is 26.3. The fourth-order valence-electron chi connectivity index (χ4n) is 3.23. The predicted molar refractivity (Wildman–Crippen MR) is 122 cm³/mol. The van der Waals surface area contributed by atoms with Crippen molar-refractivity contribution in [3.05, 3.63) is 36.0 Å². The van der Waals surface area contributed by atoms with E-state index in [1.807, 2.05) is 24.3 Å². The van der Waals surface area contributed by atoms with Crippen molar-refractivity contribution in [3.63, 3.8) is 0 Å². The van der Waals surface area contributed by atoms with Crippen molar-refractivity contribution < 1.29 is 34.2 Å². The predicted octanol–water partition coefficient (Wildman–Crippen LogP) is -0.519. The van der Waals surface area contributed by atoms with Crippen LogP contribution in [0.25, 0.3) is 10.9 Å². The third-order valence-corrected chi connectivity index (χ3v) is 5.16. The van der Waals surface area contributed by atoms with E-state index in [0.717, 1.165) is 10.9 Å². The van der Waals surface area contributed by atoms with Crippen LogP contribution in [0.15, 0.2) is 30.5 Å². The number of nitrogens with two attached hydrogens (primary N) is 1. The Labute approximate surface area is 195 Å². The van der Waals surface area contributed by atoms with Gasteiger partial charge in [-0.15, -0.1) is 0 Å². The monoisotopic (exact) mass is 475 g/mol. The third kappa shape index (κ3) is 7.30. The Morgan fingerprint density at radius 3 is 2.21 bits per heavy atom. The molecule has 4 atom stereocenters. The van der Waals surface area contributed by atoms with Crippen LogP contribution in [0, 0.1) is 0 Å². The summed E-state index contributed by atoms with van der Waals surface area (Å²) in [4.78, 5) is 62.9. The Bertz CT molecular complexity index is 1060. The molecule has 0 bridgehead atoms. The minimum absolute atomic E-state index is 0.0147. The molecular weight excluding hydrogens is 446 g/mol. The Morgan fingerprint density at radius 2 is 1.59 bits per heavy atom.